The second kappa shape index (κ2) is 9.20. The van der Waals surface area contributed by atoms with Gasteiger partial charge in [-0.05, 0) is 24.3 Å². The molecule has 1 saturated heterocycles. The van der Waals surface area contributed by atoms with Gasteiger partial charge in [-0.1, -0.05) is 34.7 Å². The van der Waals surface area contributed by atoms with Crippen LogP contribution in [0.2, 0.25) is 5.02 Å². The summed E-state index contributed by atoms with van der Waals surface area (Å²) >= 11 is 8.61. The number of nitrogens with one attached hydrogen (secondary N) is 1. The molecule has 2 aromatic rings. The van der Waals surface area contributed by atoms with E-state index in [1.807, 2.05) is 24.3 Å². The van der Waals surface area contributed by atoms with Crippen molar-refractivity contribution in [2.45, 2.75) is 4.34 Å². The molecule has 2 amide bonds. The van der Waals surface area contributed by atoms with Crippen molar-refractivity contribution in [1.82, 2.24) is 20.4 Å². The Bertz CT molecular complexity index is 734. The average molecular weight is 412 g/mol. The summed E-state index contributed by atoms with van der Waals surface area (Å²) < 4.78 is 0.741. The molecule has 2 heterocycles. The first-order valence-electron chi connectivity index (χ1n) is 8.06. The van der Waals surface area contributed by atoms with Gasteiger partial charge in [0.1, 0.15) is 5.51 Å². The maximum Gasteiger partial charge on any atom is 0.242 e. The molecule has 26 heavy (non-hydrogen) atoms. The lowest BCUT2D eigenvalue weighted by molar-refractivity contribution is -0.132. The maximum atomic E-state index is 12.3. The van der Waals surface area contributed by atoms with E-state index in [1.165, 1.54) is 23.1 Å². The summed E-state index contributed by atoms with van der Waals surface area (Å²) in [7, 11) is 0. The van der Waals surface area contributed by atoms with Crippen LogP contribution in [-0.2, 0) is 9.59 Å². The van der Waals surface area contributed by atoms with Gasteiger partial charge in [-0.2, -0.15) is 0 Å². The number of carbonyl (C=O) groups is 2. The monoisotopic (exact) mass is 411 g/mol. The highest BCUT2D eigenvalue weighted by atomic mass is 35.5. The fourth-order valence-electron chi connectivity index (χ4n) is 2.56. The molecule has 0 bridgehead atoms. The predicted octanol–water partition coefficient (Wildman–Crippen LogP) is 1.75. The molecule has 1 fully saturated rings. The van der Waals surface area contributed by atoms with E-state index in [9.17, 15) is 9.59 Å². The lowest BCUT2D eigenvalue weighted by atomic mass is 10.2. The highest BCUT2D eigenvalue weighted by Gasteiger charge is 2.21. The van der Waals surface area contributed by atoms with Gasteiger partial charge in [-0.3, -0.25) is 9.59 Å². The van der Waals surface area contributed by atoms with Gasteiger partial charge in [0.25, 0.3) is 0 Å². The molecule has 1 aliphatic rings. The van der Waals surface area contributed by atoms with Crippen LogP contribution in [-0.4, -0.2) is 65.4 Å². The summed E-state index contributed by atoms with van der Waals surface area (Å²) in [6, 6.07) is 7.69. The Morgan fingerprint density at radius 1 is 1.19 bits per heavy atom. The largest absolute Gasteiger partial charge is 0.368 e. The summed E-state index contributed by atoms with van der Waals surface area (Å²) in [6.45, 7) is 2.81. The summed E-state index contributed by atoms with van der Waals surface area (Å²) in [5.41, 5.74) is 2.72. The zero-order valence-corrected chi connectivity index (χ0v) is 16.3. The number of thioether (sulfide) groups is 1. The van der Waals surface area contributed by atoms with Gasteiger partial charge in [0, 0.05) is 36.9 Å². The number of nitrogens with zero attached hydrogens (tertiary/aromatic N) is 4. The van der Waals surface area contributed by atoms with Gasteiger partial charge in [-0.25, -0.2) is 0 Å². The topological polar surface area (TPSA) is 78.4 Å². The number of anilines is 1. The number of halogens is 1. The Balaban J connectivity index is 1.38. The van der Waals surface area contributed by atoms with Crippen molar-refractivity contribution in [2.24, 2.45) is 0 Å². The van der Waals surface area contributed by atoms with Crippen LogP contribution in [0.5, 0.6) is 0 Å². The first-order chi connectivity index (χ1) is 12.6. The highest BCUT2D eigenvalue weighted by molar-refractivity contribution is 8.01. The Labute approximate surface area is 164 Å². The van der Waals surface area contributed by atoms with E-state index >= 15 is 0 Å². The Kier molecular flexibility index (Phi) is 6.70. The summed E-state index contributed by atoms with van der Waals surface area (Å²) in [5.74, 6) is -0.0133. The number of hydrogen-bond donors (Lipinski definition) is 1. The van der Waals surface area contributed by atoms with E-state index in [0.717, 1.165) is 23.1 Å². The van der Waals surface area contributed by atoms with Gasteiger partial charge in [0.05, 0.1) is 12.3 Å². The standard InChI is InChI=1S/C16H18ClN5O2S2/c17-12-1-3-13(4-2-12)21-5-7-22(8-6-21)15(24)9-18-14(23)10-25-16-20-19-11-26-16/h1-4,11H,5-10H2,(H,18,23). The molecule has 10 heteroatoms. The van der Waals surface area contributed by atoms with Crippen molar-refractivity contribution in [3.63, 3.8) is 0 Å². The van der Waals surface area contributed by atoms with E-state index in [0.29, 0.717) is 18.1 Å². The number of hydrogen-bond acceptors (Lipinski definition) is 7. The Morgan fingerprint density at radius 2 is 1.92 bits per heavy atom. The SMILES string of the molecule is O=C(CSc1nncs1)NCC(=O)N1CCN(c2ccc(Cl)cc2)CC1. The molecule has 1 N–H and O–H groups in total. The molecule has 138 valence electrons. The van der Waals surface area contributed by atoms with E-state index in [4.69, 9.17) is 11.6 Å². The fraction of sp³-hybridized carbons (Fsp3) is 0.375. The Morgan fingerprint density at radius 3 is 2.58 bits per heavy atom. The number of piperazine rings is 1. The van der Waals surface area contributed by atoms with E-state index in [1.54, 1.807) is 10.4 Å². The molecular formula is C16H18ClN5O2S2. The zero-order valence-electron chi connectivity index (χ0n) is 13.9. The molecule has 1 aromatic carbocycles. The first-order valence-corrected chi connectivity index (χ1v) is 10.3. The van der Waals surface area contributed by atoms with Crippen LogP contribution < -0.4 is 10.2 Å². The van der Waals surface area contributed by atoms with Crippen LogP contribution in [0, 0.1) is 0 Å². The lowest BCUT2D eigenvalue weighted by Crippen LogP contribution is -2.51. The van der Waals surface area contributed by atoms with Crippen molar-refractivity contribution in [2.75, 3.05) is 43.4 Å². The van der Waals surface area contributed by atoms with Crippen LogP contribution in [0.15, 0.2) is 34.1 Å². The maximum absolute atomic E-state index is 12.3. The third-order valence-corrected chi connectivity index (χ3v) is 6.04. The molecular weight excluding hydrogens is 394 g/mol. The van der Waals surface area contributed by atoms with Crippen LogP contribution in [0.4, 0.5) is 5.69 Å². The highest BCUT2D eigenvalue weighted by Crippen LogP contribution is 2.20. The molecule has 0 radical (unpaired) electrons. The second-order valence-electron chi connectivity index (χ2n) is 5.61. The smallest absolute Gasteiger partial charge is 0.242 e. The minimum atomic E-state index is -0.182. The number of rotatable bonds is 6. The van der Waals surface area contributed by atoms with Crippen LogP contribution in [0.1, 0.15) is 0 Å². The average Bonchev–Trinajstić information content (AvgIpc) is 3.19. The van der Waals surface area contributed by atoms with Crippen molar-refractivity contribution in [3.05, 3.63) is 34.8 Å². The van der Waals surface area contributed by atoms with Crippen LogP contribution >= 0.6 is 34.7 Å². The fourth-order valence-corrected chi connectivity index (χ4v) is 4.00. The third-order valence-electron chi connectivity index (χ3n) is 3.93. The molecule has 7 nitrogen and oxygen atoms in total. The van der Waals surface area contributed by atoms with Crippen molar-refractivity contribution in [3.8, 4) is 0 Å². The lowest BCUT2D eigenvalue weighted by Gasteiger charge is -2.36. The minimum Gasteiger partial charge on any atom is -0.368 e. The summed E-state index contributed by atoms with van der Waals surface area (Å²) in [5, 5.41) is 10.9. The van der Waals surface area contributed by atoms with E-state index in [2.05, 4.69) is 20.4 Å². The number of carbonyl (C=O) groups excluding carboxylic acids is 2. The van der Waals surface area contributed by atoms with Gasteiger partial charge < -0.3 is 15.1 Å². The van der Waals surface area contributed by atoms with E-state index < -0.39 is 0 Å². The Hall–Kier alpha value is -1.84. The minimum absolute atomic E-state index is 0.0243. The van der Waals surface area contributed by atoms with Crippen molar-refractivity contribution in [1.29, 1.82) is 0 Å². The molecule has 1 aliphatic heterocycles. The molecule has 0 unspecified atom stereocenters. The van der Waals surface area contributed by atoms with Crippen molar-refractivity contribution < 1.29 is 9.59 Å². The second-order valence-corrected chi connectivity index (χ2v) is 8.11. The van der Waals surface area contributed by atoms with Crippen molar-refractivity contribution >= 4 is 52.2 Å². The summed E-state index contributed by atoms with van der Waals surface area (Å²) in [6.07, 6.45) is 0. The van der Waals surface area contributed by atoms with Crippen LogP contribution in [0.3, 0.4) is 0 Å². The number of amides is 2. The van der Waals surface area contributed by atoms with Crippen LogP contribution in [0.25, 0.3) is 0 Å². The van der Waals surface area contributed by atoms with Gasteiger partial charge >= 0.3 is 0 Å². The number of aromatic nitrogens is 2. The predicted molar refractivity (Wildman–Crippen MR) is 104 cm³/mol. The summed E-state index contributed by atoms with van der Waals surface area (Å²) in [4.78, 5) is 28.1. The quantitative estimate of drug-likeness (QED) is 0.729. The molecule has 0 atom stereocenters. The molecule has 0 saturated carbocycles. The molecule has 3 rings (SSSR count). The number of benzene rings is 1. The molecule has 0 spiro atoms. The molecule has 1 aromatic heterocycles. The normalized spacial score (nSPS) is 14.3. The van der Waals surface area contributed by atoms with E-state index in [-0.39, 0.29) is 24.1 Å². The van der Waals surface area contributed by atoms with Gasteiger partial charge in [-0.15, -0.1) is 10.2 Å². The first kappa shape index (κ1) is 18.9. The van der Waals surface area contributed by atoms with Gasteiger partial charge in [0.2, 0.25) is 11.8 Å². The zero-order chi connectivity index (χ0) is 18.4. The third kappa shape index (κ3) is 5.33. The molecule has 0 aliphatic carbocycles. The van der Waals surface area contributed by atoms with Gasteiger partial charge in [0.15, 0.2) is 4.34 Å².